The van der Waals surface area contributed by atoms with Gasteiger partial charge in [-0.1, -0.05) is 24.3 Å². The second-order valence-electron chi connectivity index (χ2n) is 8.81. The quantitative estimate of drug-likeness (QED) is 0.337. The molecule has 3 aromatic carbocycles. The molecule has 0 aromatic heterocycles. The van der Waals surface area contributed by atoms with Crippen molar-refractivity contribution in [3.63, 3.8) is 0 Å². The molecule has 0 atom stereocenters. The molecule has 0 fully saturated rings. The van der Waals surface area contributed by atoms with E-state index >= 15 is 0 Å². The van der Waals surface area contributed by atoms with Crippen LogP contribution in [-0.2, 0) is 17.7 Å². The summed E-state index contributed by atoms with van der Waals surface area (Å²) < 4.78 is 10.5. The van der Waals surface area contributed by atoms with Gasteiger partial charge in [0.05, 0.1) is 12.2 Å². The molecule has 0 saturated heterocycles. The molecule has 3 amide bonds. The van der Waals surface area contributed by atoms with Crippen LogP contribution in [0.4, 0.5) is 21.9 Å². The van der Waals surface area contributed by atoms with E-state index < -0.39 is 6.03 Å². The van der Waals surface area contributed by atoms with E-state index in [1.807, 2.05) is 25.1 Å². The molecule has 37 heavy (non-hydrogen) atoms. The Morgan fingerprint density at radius 2 is 1.68 bits per heavy atom. The van der Waals surface area contributed by atoms with Crippen LogP contribution in [0.3, 0.4) is 0 Å². The Balaban J connectivity index is 1.50. The van der Waals surface area contributed by atoms with Gasteiger partial charge in [0.25, 0.3) is 5.91 Å². The first-order valence-electron chi connectivity index (χ1n) is 12.6. The Hall–Kier alpha value is -4.04. The van der Waals surface area contributed by atoms with Gasteiger partial charge in [0.1, 0.15) is 5.75 Å². The minimum absolute atomic E-state index is 0.180. The summed E-state index contributed by atoms with van der Waals surface area (Å²) in [5.41, 5.74) is 5.14. The largest absolute Gasteiger partial charge is 0.494 e. The highest BCUT2D eigenvalue weighted by molar-refractivity contribution is 6.04. The van der Waals surface area contributed by atoms with Gasteiger partial charge in [-0.15, -0.1) is 0 Å². The van der Waals surface area contributed by atoms with Crippen molar-refractivity contribution in [3.05, 3.63) is 83.4 Å². The Labute approximate surface area is 218 Å². The van der Waals surface area contributed by atoms with Crippen molar-refractivity contribution in [2.75, 3.05) is 48.9 Å². The van der Waals surface area contributed by atoms with Gasteiger partial charge in [-0.25, -0.2) is 4.79 Å². The molecular weight excluding hydrogens is 468 g/mol. The fourth-order valence-corrected chi connectivity index (χ4v) is 4.38. The summed E-state index contributed by atoms with van der Waals surface area (Å²) >= 11 is 0. The summed E-state index contributed by atoms with van der Waals surface area (Å²) in [4.78, 5) is 28.1. The molecule has 0 radical (unpaired) electrons. The lowest BCUT2D eigenvalue weighted by molar-refractivity contribution is 0.0949. The minimum atomic E-state index is -0.393. The second kappa shape index (κ2) is 12.8. The average Bonchev–Trinajstić information content (AvgIpc) is 2.92. The number of hydrogen-bond acceptors (Lipinski definition) is 5. The maximum Gasteiger partial charge on any atom is 0.323 e. The predicted octanol–water partition coefficient (Wildman–Crippen LogP) is 5.06. The van der Waals surface area contributed by atoms with Crippen molar-refractivity contribution < 1.29 is 19.1 Å². The van der Waals surface area contributed by atoms with Gasteiger partial charge in [0.2, 0.25) is 0 Å². The van der Waals surface area contributed by atoms with Crippen LogP contribution in [0.5, 0.6) is 5.75 Å². The third-order valence-electron chi connectivity index (χ3n) is 6.20. The van der Waals surface area contributed by atoms with Crippen molar-refractivity contribution >= 4 is 29.0 Å². The van der Waals surface area contributed by atoms with E-state index in [-0.39, 0.29) is 5.91 Å². The van der Waals surface area contributed by atoms with Crippen LogP contribution in [0.2, 0.25) is 0 Å². The summed E-state index contributed by atoms with van der Waals surface area (Å²) in [5.74, 6) is 0.561. The van der Waals surface area contributed by atoms with Crippen molar-refractivity contribution in [1.82, 2.24) is 5.32 Å². The number of carbonyl (C=O) groups is 2. The van der Waals surface area contributed by atoms with Gasteiger partial charge in [-0.3, -0.25) is 4.79 Å². The molecule has 194 valence electrons. The standard InChI is InChI=1S/C29H34N4O4/c1-3-37-25-12-9-23(10-13-25)31-29(35)32-24-11-14-27(26(19-24)28(34)30-16-6-18-36-2)33-17-15-21-7-4-5-8-22(21)20-33/h4-5,7-14,19H,3,6,15-18,20H2,1-2H3,(H,30,34)(H2,31,32,35). The first-order chi connectivity index (χ1) is 18.1. The maximum atomic E-state index is 13.2. The summed E-state index contributed by atoms with van der Waals surface area (Å²) in [7, 11) is 1.64. The van der Waals surface area contributed by atoms with E-state index in [1.165, 1.54) is 11.1 Å². The first kappa shape index (κ1) is 26.0. The normalized spacial score (nSPS) is 12.4. The zero-order valence-corrected chi connectivity index (χ0v) is 21.4. The molecule has 0 unspecified atom stereocenters. The van der Waals surface area contributed by atoms with Gasteiger partial charge in [0.15, 0.2) is 0 Å². The van der Waals surface area contributed by atoms with E-state index in [2.05, 4.69) is 39.0 Å². The molecule has 0 aliphatic carbocycles. The molecule has 4 rings (SSSR count). The van der Waals surface area contributed by atoms with Gasteiger partial charge < -0.3 is 30.3 Å². The van der Waals surface area contributed by atoms with E-state index in [0.717, 1.165) is 37.4 Å². The zero-order chi connectivity index (χ0) is 26.0. The highest BCUT2D eigenvalue weighted by atomic mass is 16.5. The lowest BCUT2D eigenvalue weighted by atomic mass is 9.98. The number of benzene rings is 3. The van der Waals surface area contributed by atoms with Crippen LogP contribution >= 0.6 is 0 Å². The van der Waals surface area contributed by atoms with E-state index in [0.29, 0.717) is 36.7 Å². The first-order valence-corrected chi connectivity index (χ1v) is 12.6. The topological polar surface area (TPSA) is 91.9 Å². The predicted molar refractivity (Wildman–Crippen MR) is 147 cm³/mol. The van der Waals surface area contributed by atoms with Crippen molar-refractivity contribution in [2.45, 2.75) is 26.3 Å². The average molecular weight is 503 g/mol. The van der Waals surface area contributed by atoms with Crippen LogP contribution < -0.4 is 25.6 Å². The number of methoxy groups -OCH3 is 1. The van der Waals surface area contributed by atoms with Crippen LogP contribution in [0.25, 0.3) is 0 Å². The SMILES string of the molecule is CCOc1ccc(NC(=O)Nc2ccc(N3CCc4ccccc4C3)c(C(=O)NCCCOC)c2)cc1. The molecular formula is C29H34N4O4. The van der Waals surface area contributed by atoms with Gasteiger partial charge >= 0.3 is 6.03 Å². The summed E-state index contributed by atoms with van der Waals surface area (Å²) in [6.07, 6.45) is 1.63. The maximum absolute atomic E-state index is 13.2. The number of carbonyl (C=O) groups excluding carboxylic acids is 2. The highest BCUT2D eigenvalue weighted by Gasteiger charge is 2.22. The molecule has 0 bridgehead atoms. The molecule has 0 spiro atoms. The van der Waals surface area contributed by atoms with Gasteiger partial charge in [-0.05, 0) is 73.4 Å². The molecule has 3 N–H and O–H groups in total. The lowest BCUT2D eigenvalue weighted by Crippen LogP contribution is -2.33. The molecule has 1 heterocycles. The molecule has 0 saturated carbocycles. The minimum Gasteiger partial charge on any atom is -0.494 e. The number of nitrogens with one attached hydrogen (secondary N) is 3. The van der Waals surface area contributed by atoms with Crippen molar-refractivity contribution in [2.24, 2.45) is 0 Å². The molecule has 8 nitrogen and oxygen atoms in total. The van der Waals surface area contributed by atoms with Crippen molar-refractivity contribution in [1.29, 1.82) is 0 Å². The number of anilines is 3. The number of fused-ring (bicyclic) bond motifs is 1. The Bertz CT molecular complexity index is 1210. The zero-order valence-electron chi connectivity index (χ0n) is 21.4. The van der Waals surface area contributed by atoms with Crippen LogP contribution in [0.15, 0.2) is 66.7 Å². The van der Waals surface area contributed by atoms with Crippen LogP contribution in [0.1, 0.15) is 34.8 Å². The fraction of sp³-hybridized carbons (Fsp3) is 0.310. The number of urea groups is 1. The third-order valence-corrected chi connectivity index (χ3v) is 6.20. The van der Waals surface area contributed by atoms with Gasteiger partial charge in [0, 0.05) is 50.4 Å². The van der Waals surface area contributed by atoms with Crippen molar-refractivity contribution in [3.8, 4) is 5.75 Å². The monoisotopic (exact) mass is 502 g/mol. The Morgan fingerprint density at radius 1 is 0.946 bits per heavy atom. The third kappa shape index (κ3) is 7.01. The smallest absolute Gasteiger partial charge is 0.323 e. The molecule has 8 heteroatoms. The van der Waals surface area contributed by atoms with E-state index in [9.17, 15) is 9.59 Å². The highest BCUT2D eigenvalue weighted by Crippen LogP contribution is 2.30. The number of rotatable bonds is 10. The number of ether oxygens (including phenoxy) is 2. The second-order valence-corrected chi connectivity index (χ2v) is 8.81. The van der Waals surface area contributed by atoms with E-state index in [1.54, 1.807) is 37.4 Å². The number of hydrogen-bond donors (Lipinski definition) is 3. The Kier molecular flexibility index (Phi) is 8.99. The lowest BCUT2D eigenvalue weighted by Gasteiger charge is -2.32. The van der Waals surface area contributed by atoms with Crippen LogP contribution in [0, 0.1) is 0 Å². The summed E-state index contributed by atoms with van der Waals surface area (Å²) in [6.45, 7) is 5.12. The molecule has 3 aromatic rings. The van der Waals surface area contributed by atoms with E-state index in [4.69, 9.17) is 9.47 Å². The summed E-state index contributed by atoms with van der Waals surface area (Å²) in [6, 6.07) is 20.6. The van der Waals surface area contributed by atoms with Crippen LogP contribution in [-0.4, -0.2) is 45.4 Å². The number of nitrogens with zero attached hydrogens (tertiary/aromatic N) is 1. The Morgan fingerprint density at radius 3 is 2.43 bits per heavy atom. The molecule has 1 aliphatic rings. The molecule has 1 aliphatic heterocycles. The summed E-state index contributed by atoms with van der Waals surface area (Å²) in [5, 5.41) is 8.65. The number of amides is 3. The van der Waals surface area contributed by atoms with Gasteiger partial charge in [-0.2, -0.15) is 0 Å². The fourth-order valence-electron chi connectivity index (χ4n) is 4.38.